The highest BCUT2D eigenvalue weighted by Crippen LogP contribution is 1.86. The maximum absolute atomic E-state index is 10.3. The van der Waals surface area contributed by atoms with Crippen LogP contribution in [0.25, 0.3) is 0 Å². The van der Waals surface area contributed by atoms with Crippen molar-refractivity contribution in [2.24, 2.45) is 5.73 Å². The van der Waals surface area contributed by atoms with Crippen LogP contribution in [0.15, 0.2) is 0 Å². The number of carbonyl (C=O) groups excluding carboxylic acids is 1. The van der Waals surface area contributed by atoms with E-state index in [0.717, 1.165) is 0 Å². The second kappa shape index (κ2) is 8.38. The first-order chi connectivity index (χ1) is 5.27. The molecule has 0 bridgehead atoms. The van der Waals surface area contributed by atoms with Gasteiger partial charge in [0, 0.05) is 29.1 Å². The van der Waals surface area contributed by atoms with E-state index in [1.807, 2.05) is 0 Å². The van der Waals surface area contributed by atoms with Crippen LogP contribution in [0.3, 0.4) is 0 Å². The predicted molar refractivity (Wildman–Crippen MR) is 49.7 cm³/mol. The Morgan fingerprint density at radius 2 is 1.91 bits per heavy atom. The molecule has 0 aromatic rings. The summed E-state index contributed by atoms with van der Waals surface area (Å²) in [7, 11) is 0. The lowest BCUT2D eigenvalue weighted by Gasteiger charge is -2.01. The third kappa shape index (κ3) is 10.3. The second-order valence-electron chi connectivity index (χ2n) is 1.81. The molecule has 0 aromatic carbocycles. The molecule has 0 aliphatic rings. The summed E-state index contributed by atoms with van der Waals surface area (Å²) in [5.74, 6) is 0. The summed E-state index contributed by atoms with van der Waals surface area (Å²) in [5.41, 5.74) is 5.17. The van der Waals surface area contributed by atoms with Gasteiger partial charge in [0.05, 0.1) is 19.8 Å². The van der Waals surface area contributed by atoms with Crippen molar-refractivity contribution >= 4 is 26.4 Å². The molecule has 0 heterocycles. The molecule has 66 valence electrons. The molecule has 0 aliphatic carbocycles. The molecular weight excluding hydrogens is 261 g/mol. The monoisotopic (exact) mass is 273 g/mol. The Balaban J connectivity index is 2.85. The van der Waals surface area contributed by atoms with Gasteiger partial charge in [0.25, 0.3) is 0 Å². The van der Waals surface area contributed by atoms with Crippen molar-refractivity contribution in [2.75, 3.05) is 33.0 Å². The highest BCUT2D eigenvalue weighted by Gasteiger charge is 1.93. The summed E-state index contributed by atoms with van der Waals surface area (Å²) in [6, 6.07) is 0. The van der Waals surface area contributed by atoms with Crippen molar-refractivity contribution in [3.05, 3.63) is 0 Å². The van der Waals surface area contributed by atoms with E-state index in [9.17, 15) is 4.79 Å². The molecule has 0 saturated heterocycles. The number of halogens is 1. The van der Waals surface area contributed by atoms with E-state index in [2.05, 4.69) is 0 Å². The molecular formula is C6H12INO3. The van der Waals surface area contributed by atoms with Gasteiger partial charge in [-0.3, -0.25) is 4.79 Å². The van der Waals surface area contributed by atoms with Crippen molar-refractivity contribution < 1.29 is 14.3 Å². The predicted octanol–water partition coefficient (Wildman–Crippen LogP) is -0.0601. The number of nitrogens with two attached hydrogens (primary N) is 1. The van der Waals surface area contributed by atoms with Gasteiger partial charge in [-0.1, -0.05) is 0 Å². The summed E-state index contributed by atoms with van der Waals surface area (Å²) in [4.78, 5) is 10.3. The van der Waals surface area contributed by atoms with Crippen LogP contribution in [0.1, 0.15) is 0 Å². The Labute approximate surface area is 79.6 Å². The van der Waals surface area contributed by atoms with Gasteiger partial charge in [-0.05, 0) is 0 Å². The van der Waals surface area contributed by atoms with Crippen LogP contribution in [-0.2, 0) is 14.3 Å². The van der Waals surface area contributed by atoms with Gasteiger partial charge in [-0.2, -0.15) is 0 Å². The smallest absolute Gasteiger partial charge is 0.217 e. The maximum atomic E-state index is 10.3. The van der Waals surface area contributed by atoms with E-state index in [1.54, 1.807) is 22.6 Å². The first-order valence-corrected chi connectivity index (χ1v) is 4.39. The Bertz CT molecular complexity index is 110. The molecule has 0 radical (unpaired) electrons. The lowest BCUT2D eigenvalue weighted by Crippen LogP contribution is -2.13. The fraction of sp³-hybridized carbons (Fsp3) is 0.833. The minimum atomic E-state index is 0.00132. The fourth-order valence-corrected chi connectivity index (χ4v) is 0.676. The van der Waals surface area contributed by atoms with Gasteiger partial charge in [-0.25, -0.2) is 0 Å². The zero-order chi connectivity index (χ0) is 8.53. The minimum absolute atomic E-state index is 0.00132. The molecule has 0 amide bonds. The van der Waals surface area contributed by atoms with E-state index in [4.69, 9.17) is 15.2 Å². The van der Waals surface area contributed by atoms with Crippen LogP contribution in [0.4, 0.5) is 0 Å². The molecule has 0 spiro atoms. The topological polar surface area (TPSA) is 61.6 Å². The average Bonchev–Trinajstić information content (AvgIpc) is 1.96. The Morgan fingerprint density at radius 3 is 2.45 bits per heavy atom. The molecule has 0 aromatic heterocycles. The zero-order valence-corrected chi connectivity index (χ0v) is 8.37. The molecule has 4 nitrogen and oxygen atoms in total. The maximum Gasteiger partial charge on any atom is 0.217 e. The Hall–Kier alpha value is 0.280. The van der Waals surface area contributed by atoms with Crippen LogP contribution in [-0.4, -0.2) is 36.8 Å². The van der Waals surface area contributed by atoms with Gasteiger partial charge >= 0.3 is 0 Å². The number of carbonyl (C=O) groups is 1. The normalized spacial score (nSPS) is 10.0. The highest BCUT2D eigenvalue weighted by molar-refractivity contribution is 14.1. The standard InChI is InChI=1S/C6H12INO3/c7-6(9)5-11-4-3-10-2-1-8/h1-5,8H2. The highest BCUT2D eigenvalue weighted by atomic mass is 127. The number of rotatable bonds is 7. The summed E-state index contributed by atoms with van der Waals surface area (Å²) < 4.78 is 9.92. The largest absolute Gasteiger partial charge is 0.378 e. The summed E-state index contributed by atoms with van der Waals surface area (Å²) in [6.45, 7) is 2.18. The van der Waals surface area contributed by atoms with Crippen molar-refractivity contribution in [1.29, 1.82) is 0 Å². The van der Waals surface area contributed by atoms with E-state index in [1.165, 1.54) is 0 Å². The van der Waals surface area contributed by atoms with Crippen molar-refractivity contribution in [3.8, 4) is 0 Å². The van der Waals surface area contributed by atoms with E-state index in [0.29, 0.717) is 26.4 Å². The molecule has 0 rings (SSSR count). The van der Waals surface area contributed by atoms with Crippen LogP contribution < -0.4 is 5.73 Å². The van der Waals surface area contributed by atoms with Crippen LogP contribution >= 0.6 is 22.6 Å². The summed E-state index contributed by atoms with van der Waals surface area (Å²) in [5, 5.41) is 0. The summed E-state index contributed by atoms with van der Waals surface area (Å²) in [6.07, 6.45) is 0. The van der Waals surface area contributed by atoms with Gasteiger partial charge in [0.2, 0.25) is 3.79 Å². The average molecular weight is 273 g/mol. The molecule has 0 aliphatic heterocycles. The molecule has 0 fully saturated rings. The van der Waals surface area contributed by atoms with E-state index >= 15 is 0 Å². The number of ether oxygens (including phenoxy) is 2. The Morgan fingerprint density at radius 1 is 1.27 bits per heavy atom. The SMILES string of the molecule is NCCOCCOCC(=O)I. The van der Waals surface area contributed by atoms with Gasteiger partial charge in [0.15, 0.2) is 0 Å². The lowest BCUT2D eigenvalue weighted by atomic mass is 10.7. The first-order valence-electron chi connectivity index (χ1n) is 3.31. The number of hydrogen-bond donors (Lipinski definition) is 1. The fourth-order valence-electron chi connectivity index (χ4n) is 0.456. The van der Waals surface area contributed by atoms with Crippen LogP contribution in [0.5, 0.6) is 0 Å². The molecule has 0 atom stereocenters. The molecule has 0 saturated carbocycles. The second-order valence-corrected chi connectivity index (χ2v) is 3.01. The molecule has 11 heavy (non-hydrogen) atoms. The molecule has 2 N–H and O–H groups in total. The quantitative estimate of drug-likeness (QED) is 0.401. The van der Waals surface area contributed by atoms with Crippen LogP contribution in [0.2, 0.25) is 0 Å². The lowest BCUT2D eigenvalue weighted by molar-refractivity contribution is -0.114. The summed E-state index contributed by atoms with van der Waals surface area (Å²) >= 11 is 1.69. The third-order valence-electron chi connectivity index (χ3n) is 0.850. The number of hydrogen-bond acceptors (Lipinski definition) is 4. The van der Waals surface area contributed by atoms with Gasteiger partial charge in [-0.15, -0.1) is 0 Å². The van der Waals surface area contributed by atoms with Crippen molar-refractivity contribution in [1.82, 2.24) is 0 Å². The first kappa shape index (κ1) is 11.3. The Kier molecular flexibility index (Phi) is 8.59. The molecule has 0 unspecified atom stereocenters. The van der Waals surface area contributed by atoms with Gasteiger partial charge in [0.1, 0.15) is 6.61 Å². The third-order valence-corrected chi connectivity index (χ3v) is 1.16. The van der Waals surface area contributed by atoms with Crippen molar-refractivity contribution in [2.45, 2.75) is 0 Å². The van der Waals surface area contributed by atoms with Gasteiger partial charge < -0.3 is 15.2 Å². The van der Waals surface area contributed by atoms with E-state index in [-0.39, 0.29) is 10.4 Å². The van der Waals surface area contributed by atoms with Crippen molar-refractivity contribution in [3.63, 3.8) is 0 Å². The minimum Gasteiger partial charge on any atom is -0.378 e. The van der Waals surface area contributed by atoms with Crippen LogP contribution in [0, 0.1) is 0 Å². The molecule has 5 heteroatoms. The van der Waals surface area contributed by atoms with E-state index < -0.39 is 0 Å². The zero-order valence-electron chi connectivity index (χ0n) is 6.22.